The molecule has 0 bridgehead atoms. The van der Waals surface area contributed by atoms with E-state index in [9.17, 15) is 8.42 Å². The van der Waals surface area contributed by atoms with Crippen LogP contribution in [0.5, 0.6) is 0 Å². The number of nitrogens with one attached hydrogen (secondary N) is 1. The van der Waals surface area contributed by atoms with Gasteiger partial charge in [0, 0.05) is 19.3 Å². The molecule has 0 aliphatic rings. The first kappa shape index (κ1) is 14.0. The lowest BCUT2D eigenvalue weighted by Gasteiger charge is -2.07. The minimum Gasteiger partial charge on any atom is -0.384 e. The molecule has 0 heterocycles. The molecule has 96 valence electrons. The summed E-state index contributed by atoms with van der Waals surface area (Å²) >= 11 is 0. The lowest BCUT2D eigenvalue weighted by molar-refractivity contribution is 0.217. The Labute approximate surface area is 103 Å². The Hall–Kier alpha value is -1.07. The van der Waals surface area contributed by atoms with Gasteiger partial charge in [-0.25, -0.2) is 8.42 Å². The molecule has 0 aromatic heterocycles. The van der Waals surface area contributed by atoms with Gasteiger partial charge in [0.2, 0.25) is 0 Å². The molecule has 5 heteroatoms. The highest BCUT2D eigenvalue weighted by atomic mass is 32.2. The Balaban J connectivity index is 2.34. The molecule has 0 amide bonds. The predicted octanol–water partition coefficient (Wildman–Crippen LogP) is 1.47. The van der Waals surface area contributed by atoms with Gasteiger partial charge >= 0.3 is 0 Å². The first-order chi connectivity index (χ1) is 8.03. The van der Waals surface area contributed by atoms with Crippen LogP contribution in [0.15, 0.2) is 24.3 Å². The third-order valence-corrected chi connectivity index (χ3v) is 4.01. The summed E-state index contributed by atoms with van der Waals surface area (Å²) in [6, 6.07) is 7.86. The Morgan fingerprint density at radius 1 is 1.18 bits per heavy atom. The van der Waals surface area contributed by atoms with E-state index >= 15 is 0 Å². The van der Waals surface area contributed by atoms with Crippen LogP contribution in [-0.4, -0.2) is 40.2 Å². The van der Waals surface area contributed by atoms with Crippen LogP contribution in [0.3, 0.4) is 0 Å². The average Bonchev–Trinajstić information content (AvgIpc) is 2.29. The first-order valence-electron chi connectivity index (χ1n) is 5.53. The summed E-state index contributed by atoms with van der Waals surface area (Å²) in [4.78, 5) is 0. The number of ether oxygens (including phenoxy) is 1. The summed E-state index contributed by atoms with van der Waals surface area (Å²) in [6.07, 6.45) is 0. The van der Waals surface area contributed by atoms with Crippen LogP contribution >= 0.6 is 0 Å². The number of benzene rings is 1. The fraction of sp³-hybridized carbons (Fsp3) is 0.500. The quantitative estimate of drug-likeness (QED) is 0.803. The monoisotopic (exact) mass is 257 g/mol. The van der Waals surface area contributed by atoms with Crippen molar-refractivity contribution in [1.29, 1.82) is 0 Å². The minimum absolute atomic E-state index is 0.0824. The zero-order valence-corrected chi connectivity index (χ0v) is 11.1. The molecule has 1 N–H and O–H groups in total. The summed E-state index contributed by atoms with van der Waals surface area (Å²) in [5.41, 5.74) is 2.13. The second-order valence-electron chi connectivity index (χ2n) is 3.94. The van der Waals surface area contributed by atoms with E-state index in [-0.39, 0.29) is 18.1 Å². The second-order valence-corrected chi connectivity index (χ2v) is 6.24. The highest BCUT2D eigenvalue weighted by Gasteiger charge is 2.09. The molecule has 0 fully saturated rings. The van der Waals surface area contributed by atoms with Gasteiger partial charge in [0.1, 0.15) is 0 Å². The zero-order valence-electron chi connectivity index (χ0n) is 10.3. The van der Waals surface area contributed by atoms with E-state index in [0.29, 0.717) is 6.54 Å². The standard InChI is InChI=1S/C12H19NO3S/c1-11-3-5-12(6-4-11)13-7-9-17(14,15)10-8-16-2/h3-6,13H,7-10H2,1-2H3. The van der Waals surface area contributed by atoms with Crippen molar-refractivity contribution < 1.29 is 13.2 Å². The Morgan fingerprint density at radius 2 is 1.82 bits per heavy atom. The van der Waals surface area contributed by atoms with Gasteiger partial charge in [-0.3, -0.25) is 0 Å². The molecule has 0 aliphatic carbocycles. The second kappa shape index (κ2) is 6.61. The molecule has 17 heavy (non-hydrogen) atoms. The zero-order chi connectivity index (χ0) is 12.7. The van der Waals surface area contributed by atoms with Crippen molar-refractivity contribution >= 4 is 15.5 Å². The summed E-state index contributed by atoms with van der Waals surface area (Å²) < 4.78 is 27.8. The van der Waals surface area contributed by atoms with Crippen LogP contribution in [-0.2, 0) is 14.6 Å². The highest BCUT2D eigenvalue weighted by molar-refractivity contribution is 7.91. The predicted molar refractivity (Wildman–Crippen MR) is 70.2 cm³/mol. The average molecular weight is 257 g/mol. The summed E-state index contributed by atoms with van der Waals surface area (Å²) in [6.45, 7) is 2.70. The molecule has 0 radical (unpaired) electrons. The van der Waals surface area contributed by atoms with Crippen molar-refractivity contribution in [2.75, 3.05) is 37.1 Å². The first-order valence-corrected chi connectivity index (χ1v) is 7.35. The molecule has 0 saturated carbocycles. The van der Waals surface area contributed by atoms with Crippen molar-refractivity contribution in [1.82, 2.24) is 0 Å². The SMILES string of the molecule is COCCS(=O)(=O)CCNc1ccc(C)cc1. The smallest absolute Gasteiger partial charge is 0.154 e. The van der Waals surface area contributed by atoms with Gasteiger partial charge < -0.3 is 10.1 Å². The van der Waals surface area contributed by atoms with Crippen LogP contribution in [0.2, 0.25) is 0 Å². The lowest BCUT2D eigenvalue weighted by Crippen LogP contribution is -2.20. The van der Waals surface area contributed by atoms with Crippen LogP contribution in [0.25, 0.3) is 0 Å². The van der Waals surface area contributed by atoms with Gasteiger partial charge in [-0.15, -0.1) is 0 Å². The van der Waals surface area contributed by atoms with E-state index in [0.717, 1.165) is 5.69 Å². The van der Waals surface area contributed by atoms with Crippen LogP contribution in [0.4, 0.5) is 5.69 Å². The third kappa shape index (κ3) is 5.70. The van der Waals surface area contributed by atoms with Gasteiger partial charge in [0.15, 0.2) is 9.84 Å². The van der Waals surface area contributed by atoms with Crippen molar-refractivity contribution in [2.24, 2.45) is 0 Å². The molecule has 0 spiro atoms. The molecule has 1 aromatic rings. The fourth-order valence-electron chi connectivity index (χ4n) is 1.33. The number of methoxy groups -OCH3 is 1. The van der Waals surface area contributed by atoms with Crippen molar-refractivity contribution in [3.05, 3.63) is 29.8 Å². The summed E-state index contributed by atoms with van der Waals surface area (Å²) in [7, 11) is -1.51. The van der Waals surface area contributed by atoms with Gasteiger partial charge in [-0.2, -0.15) is 0 Å². The third-order valence-electron chi connectivity index (χ3n) is 2.39. The van der Waals surface area contributed by atoms with Gasteiger partial charge in [-0.1, -0.05) is 17.7 Å². The fourth-order valence-corrected chi connectivity index (χ4v) is 2.37. The van der Waals surface area contributed by atoms with Crippen LogP contribution in [0.1, 0.15) is 5.56 Å². The van der Waals surface area contributed by atoms with Crippen molar-refractivity contribution in [3.63, 3.8) is 0 Å². The molecular formula is C12H19NO3S. The maximum Gasteiger partial charge on any atom is 0.154 e. The van der Waals surface area contributed by atoms with E-state index in [4.69, 9.17) is 4.74 Å². The van der Waals surface area contributed by atoms with Crippen LogP contribution in [0, 0.1) is 6.92 Å². The van der Waals surface area contributed by atoms with E-state index in [2.05, 4.69) is 5.32 Å². The number of rotatable bonds is 7. The van der Waals surface area contributed by atoms with Gasteiger partial charge in [0.25, 0.3) is 0 Å². The largest absolute Gasteiger partial charge is 0.384 e. The maximum atomic E-state index is 11.5. The van der Waals surface area contributed by atoms with E-state index in [1.54, 1.807) is 0 Å². The molecule has 0 unspecified atom stereocenters. The lowest BCUT2D eigenvalue weighted by atomic mass is 10.2. The van der Waals surface area contributed by atoms with Gasteiger partial charge in [0.05, 0.1) is 18.1 Å². The molecule has 1 rings (SSSR count). The number of hydrogen-bond donors (Lipinski definition) is 1. The molecule has 0 saturated heterocycles. The topological polar surface area (TPSA) is 55.4 Å². The molecule has 0 atom stereocenters. The molecule has 0 aliphatic heterocycles. The minimum atomic E-state index is -3.01. The maximum absolute atomic E-state index is 11.5. The van der Waals surface area contributed by atoms with Gasteiger partial charge in [-0.05, 0) is 19.1 Å². The van der Waals surface area contributed by atoms with Crippen molar-refractivity contribution in [2.45, 2.75) is 6.92 Å². The normalized spacial score (nSPS) is 11.4. The Morgan fingerprint density at radius 3 is 2.41 bits per heavy atom. The van der Waals surface area contributed by atoms with Crippen LogP contribution < -0.4 is 5.32 Å². The number of sulfone groups is 1. The van der Waals surface area contributed by atoms with E-state index in [1.807, 2.05) is 31.2 Å². The highest BCUT2D eigenvalue weighted by Crippen LogP contribution is 2.08. The molecule has 4 nitrogen and oxygen atoms in total. The Bertz CT molecular complexity index is 426. The van der Waals surface area contributed by atoms with E-state index < -0.39 is 9.84 Å². The van der Waals surface area contributed by atoms with Crippen molar-refractivity contribution in [3.8, 4) is 0 Å². The number of hydrogen-bond acceptors (Lipinski definition) is 4. The molecular weight excluding hydrogens is 238 g/mol. The number of aryl methyl sites for hydroxylation is 1. The molecule has 1 aromatic carbocycles. The number of anilines is 1. The van der Waals surface area contributed by atoms with E-state index in [1.165, 1.54) is 12.7 Å². The Kier molecular flexibility index (Phi) is 5.44. The summed E-state index contributed by atoms with van der Waals surface area (Å²) in [5, 5.41) is 3.08. The summed E-state index contributed by atoms with van der Waals surface area (Å²) in [5.74, 6) is 0.212.